The van der Waals surface area contributed by atoms with Crippen LogP contribution in [0.1, 0.15) is 47.5 Å². The van der Waals surface area contributed by atoms with Gasteiger partial charge in [0, 0.05) is 25.0 Å². The van der Waals surface area contributed by atoms with Crippen molar-refractivity contribution in [3.05, 3.63) is 77.9 Å². The van der Waals surface area contributed by atoms with Gasteiger partial charge in [-0.25, -0.2) is 0 Å². The van der Waals surface area contributed by atoms with Crippen LogP contribution in [-0.4, -0.2) is 52.4 Å². The fourth-order valence-electron chi connectivity index (χ4n) is 5.22. The number of carbonyl (C=O) groups excluding carboxylic acids is 2. The van der Waals surface area contributed by atoms with Gasteiger partial charge in [0.25, 0.3) is 5.91 Å². The average Bonchev–Trinajstić information content (AvgIpc) is 3.34. The topological polar surface area (TPSA) is 60.9 Å². The highest BCUT2D eigenvalue weighted by Crippen LogP contribution is 2.33. The van der Waals surface area contributed by atoms with E-state index in [9.17, 15) is 14.7 Å². The maximum atomic E-state index is 13.4. The van der Waals surface area contributed by atoms with Gasteiger partial charge in [0.15, 0.2) is 0 Å². The molecule has 3 aromatic rings. The fraction of sp³-hybridized carbons (Fsp3) is 0.333. The molecule has 2 heterocycles. The quantitative estimate of drug-likeness (QED) is 0.665. The minimum atomic E-state index is -0.443. The van der Waals surface area contributed by atoms with E-state index in [0.29, 0.717) is 24.3 Å². The standard InChI is InChI=1S/C27H28N2O3/c30-25-22-10-5-4-9-21(22)12-13-23(25)26(31)29-16-6-11-24(29)27(32)28-17-14-20(15-18-28)19-7-2-1-3-8-19/h1-5,7-10,12-13,20,24,30H,6,11,14-18H2. The van der Waals surface area contributed by atoms with Gasteiger partial charge in [-0.2, -0.15) is 0 Å². The molecule has 32 heavy (non-hydrogen) atoms. The van der Waals surface area contributed by atoms with Gasteiger partial charge in [0.05, 0.1) is 5.56 Å². The van der Waals surface area contributed by atoms with E-state index in [1.165, 1.54) is 5.56 Å². The SMILES string of the molecule is O=C(C1CCCN1C(=O)c1ccc2ccccc2c1O)N1CCC(c2ccccc2)CC1. The summed E-state index contributed by atoms with van der Waals surface area (Å²) in [5.74, 6) is 0.261. The normalized spacial score (nSPS) is 19.4. The number of likely N-dealkylation sites (tertiary alicyclic amines) is 2. The Balaban J connectivity index is 1.30. The van der Waals surface area contributed by atoms with Gasteiger partial charge in [0.1, 0.15) is 11.8 Å². The molecule has 1 unspecified atom stereocenters. The van der Waals surface area contributed by atoms with E-state index < -0.39 is 6.04 Å². The number of hydrogen-bond donors (Lipinski definition) is 1. The molecule has 1 atom stereocenters. The van der Waals surface area contributed by atoms with Crippen molar-refractivity contribution in [2.75, 3.05) is 19.6 Å². The van der Waals surface area contributed by atoms with E-state index in [0.717, 1.165) is 37.7 Å². The van der Waals surface area contributed by atoms with Crippen LogP contribution in [0.2, 0.25) is 0 Å². The van der Waals surface area contributed by atoms with Gasteiger partial charge in [-0.15, -0.1) is 0 Å². The summed E-state index contributed by atoms with van der Waals surface area (Å²) in [6.07, 6.45) is 3.37. The number of benzene rings is 3. The molecule has 0 bridgehead atoms. The van der Waals surface area contributed by atoms with E-state index in [1.54, 1.807) is 11.0 Å². The number of nitrogens with zero attached hydrogens (tertiary/aromatic N) is 2. The molecule has 5 heteroatoms. The molecule has 164 valence electrons. The van der Waals surface area contributed by atoms with E-state index in [-0.39, 0.29) is 23.1 Å². The number of hydrogen-bond acceptors (Lipinski definition) is 3. The molecule has 1 N–H and O–H groups in total. The second-order valence-corrected chi connectivity index (χ2v) is 8.85. The number of phenols is 1. The third kappa shape index (κ3) is 3.72. The van der Waals surface area contributed by atoms with Crippen LogP contribution in [0, 0.1) is 0 Å². The van der Waals surface area contributed by atoms with Gasteiger partial charge in [-0.05, 0) is 48.6 Å². The molecule has 5 rings (SSSR count). The lowest BCUT2D eigenvalue weighted by atomic mass is 9.89. The van der Waals surface area contributed by atoms with Gasteiger partial charge >= 0.3 is 0 Å². The highest BCUT2D eigenvalue weighted by Gasteiger charge is 2.38. The van der Waals surface area contributed by atoms with Crippen molar-refractivity contribution in [2.45, 2.75) is 37.6 Å². The Morgan fingerprint density at radius 2 is 1.53 bits per heavy atom. The summed E-state index contributed by atoms with van der Waals surface area (Å²) in [4.78, 5) is 30.3. The van der Waals surface area contributed by atoms with Gasteiger partial charge in [0.2, 0.25) is 5.91 Å². The number of phenolic OH excluding ortho intramolecular Hbond substituents is 1. The molecule has 3 aromatic carbocycles. The molecule has 5 nitrogen and oxygen atoms in total. The van der Waals surface area contributed by atoms with Crippen molar-refractivity contribution in [3.63, 3.8) is 0 Å². The fourth-order valence-corrected chi connectivity index (χ4v) is 5.22. The third-order valence-electron chi connectivity index (χ3n) is 7.01. The zero-order valence-corrected chi connectivity index (χ0v) is 18.1. The Morgan fingerprint density at radius 3 is 2.31 bits per heavy atom. The van der Waals surface area contributed by atoms with Crippen LogP contribution < -0.4 is 0 Å². The van der Waals surface area contributed by atoms with Crippen molar-refractivity contribution < 1.29 is 14.7 Å². The van der Waals surface area contributed by atoms with E-state index in [1.807, 2.05) is 41.3 Å². The zero-order valence-electron chi connectivity index (χ0n) is 18.1. The predicted molar refractivity (Wildman–Crippen MR) is 125 cm³/mol. The largest absolute Gasteiger partial charge is 0.506 e. The Kier molecular flexibility index (Phi) is 5.56. The minimum absolute atomic E-state index is 0.00475. The Bertz CT molecular complexity index is 1140. The summed E-state index contributed by atoms with van der Waals surface area (Å²) < 4.78 is 0. The molecule has 2 saturated heterocycles. The van der Waals surface area contributed by atoms with Crippen LogP contribution in [0.25, 0.3) is 10.8 Å². The van der Waals surface area contributed by atoms with Crippen molar-refractivity contribution in [2.24, 2.45) is 0 Å². The lowest BCUT2D eigenvalue weighted by Gasteiger charge is -2.35. The molecule has 2 amide bonds. The van der Waals surface area contributed by atoms with Crippen molar-refractivity contribution in [1.82, 2.24) is 9.80 Å². The zero-order chi connectivity index (χ0) is 22.1. The monoisotopic (exact) mass is 428 g/mol. The van der Waals surface area contributed by atoms with E-state index in [2.05, 4.69) is 24.3 Å². The number of rotatable bonds is 3. The number of amides is 2. The molecule has 0 spiro atoms. The first-order chi connectivity index (χ1) is 15.6. The summed E-state index contributed by atoms with van der Waals surface area (Å²) in [5, 5.41) is 12.3. The lowest BCUT2D eigenvalue weighted by molar-refractivity contribution is -0.136. The number of piperidine rings is 1. The van der Waals surface area contributed by atoms with Gasteiger partial charge in [-0.1, -0.05) is 60.7 Å². The lowest BCUT2D eigenvalue weighted by Crippen LogP contribution is -2.49. The summed E-state index contributed by atoms with van der Waals surface area (Å²) in [6, 6.07) is 21.0. The molecular formula is C27H28N2O3. The highest BCUT2D eigenvalue weighted by molar-refractivity contribution is 6.05. The van der Waals surface area contributed by atoms with Gasteiger partial charge in [-0.3, -0.25) is 9.59 Å². The first-order valence-electron chi connectivity index (χ1n) is 11.5. The van der Waals surface area contributed by atoms with E-state index >= 15 is 0 Å². The summed E-state index contributed by atoms with van der Waals surface area (Å²) in [5.41, 5.74) is 1.61. The summed E-state index contributed by atoms with van der Waals surface area (Å²) in [7, 11) is 0. The molecule has 2 aliphatic heterocycles. The minimum Gasteiger partial charge on any atom is -0.506 e. The molecule has 2 fully saturated rings. The van der Waals surface area contributed by atoms with Crippen LogP contribution in [0.5, 0.6) is 5.75 Å². The molecule has 0 radical (unpaired) electrons. The predicted octanol–water partition coefficient (Wildman–Crippen LogP) is 4.56. The van der Waals surface area contributed by atoms with Crippen LogP contribution in [-0.2, 0) is 4.79 Å². The van der Waals surface area contributed by atoms with Crippen molar-refractivity contribution >= 4 is 22.6 Å². The second-order valence-electron chi connectivity index (χ2n) is 8.85. The van der Waals surface area contributed by atoms with Crippen LogP contribution in [0.3, 0.4) is 0 Å². The first-order valence-corrected chi connectivity index (χ1v) is 11.5. The molecule has 0 aliphatic carbocycles. The summed E-state index contributed by atoms with van der Waals surface area (Å²) in [6.45, 7) is 1.98. The van der Waals surface area contributed by atoms with Crippen LogP contribution >= 0.6 is 0 Å². The van der Waals surface area contributed by atoms with Crippen LogP contribution in [0.15, 0.2) is 66.7 Å². The van der Waals surface area contributed by atoms with E-state index in [4.69, 9.17) is 0 Å². The molecule has 0 saturated carbocycles. The summed E-state index contributed by atoms with van der Waals surface area (Å²) >= 11 is 0. The number of fused-ring (bicyclic) bond motifs is 1. The van der Waals surface area contributed by atoms with Crippen molar-refractivity contribution in [1.29, 1.82) is 0 Å². The highest BCUT2D eigenvalue weighted by atomic mass is 16.3. The average molecular weight is 429 g/mol. The Hall–Kier alpha value is -3.34. The number of aromatic hydroxyl groups is 1. The maximum absolute atomic E-state index is 13.4. The molecule has 2 aliphatic rings. The van der Waals surface area contributed by atoms with Crippen LogP contribution in [0.4, 0.5) is 0 Å². The smallest absolute Gasteiger partial charge is 0.258 e. The molecule has 0 aromatic heterocycles. The maximum Gasteiger partial charge on any atom is 0.258 e. The molecular weight excluding hydrogens is 400 g/mol. The van der Waals surface area contributed by atoms with Crippen molar-refractivity contribution in [3.8, 4) is 5.75 Å². The Labute approximate surface area is 188 Å². The van der Waals surface area contributed by atoms with Gasteiger partial charge < -0.3 is 14.9 Å². The number of carbonyl (C=O) groups is 2. The Morgan fingerprint density at radius 1 is 0.812 bits per heavy atom. The second kappa shape index (κ2) is 8.65. The third-order valence-corrected chi connectivity index (χ3v) is 7.01. The first kappa shape index (κ1) is 20.6.